The highest BCUT2D eigenvalue weighted by molar-refractivity contribution is 6.42. The van der Waals surface area contributed by atoms with Crippen molar-refractivity contribution in [1.82, 2.24) is 4.90 Å². The van der Waals surface area contributed by atoms with Crippen LogP contribution in [0.15, 0.2) is 64.4 Å². The lowest BCUT2D eigenvalue weighted by Gasteiger charge is -2.31. The first-order chi connectivity index (χ1) is 16.6. The van der Waals surface area contributed by atoms with Crippen LogP contribution < -0.4 is 10.3 Å². The minimum Gasteiger partial charge on any atom is -0.378 e. The molecule has 180 valence electrons. The van der Waals surface area contributed by atoms with Gasteiger partial charge in [0.15, 0.2) is 0 Å². The first-order valence-electron chi connectivity index (χ1n) is 11.9. The van der Waals surface area contributed by atoms with Crippen LogP contribution >= 0.6 is 23.2 Å². The first-order valence-corrected chi connectivity index (χ1v) is 12.7. The molecule has 0 bridgehead atoms. The van der Waals surface area contributed by atoms with Crippen LogP contribution in [0.1, 0.15) is 32.3 Å². The molecule has 0 amide bonds. The molecule has 2 aromatic carbocycles. The zero-order valence-electron chi connectivity index (χ0n) is 19.9. The molecule has 2 aliphatic rings. The third-order valence-electron chi connectivity index (χ3n) is 6.30. The summed E-state index contributed by atoms with van der Waals surface area (Å²) in [5.41, 5.74) is 10.3. The van der Waals surface area contributed by atoms with Crippen LogP contribution in [0, 0.1) is 0 Å². The minimum atomic E-state index is 0.508. The zero-order valence-corrected chi connectivity index (χ0v) is 21.4. The van der Waals surface area contributed by atoms with Crippen LogP contribution in [0.3, 0.4) is 0 Å². The Kier molecular flexibility index (Phi) is 8.54. The van der Waals surface area contributed by atoms with E-state index in [-0.39, 0.29) is 0 Å². The summed E-state index contributed by atoms with van der Waals surface area (Å²) in [4.78, 5) is 4.80. The fourth-order valence-corrected chi connectivity index (χ4v) is 4.79. The fraction of sp³-hybridized carbons (Fsp3) is 0.370. The second kappa shape index (κ2) is 11.8. The van der Waals surface area contributed by atoms with Gasteiger partial charge in [-0.15, -0.1) is 0 Å². The van der Waals surface area contributed by atoms with E-state index in [9.17, 15) is 0 Å². The fourth-order valence-electron chi connectivity index (χ4n) is 4.49. The van der Waals surface area contributed by atoms with Crippen molar-refractivity contribution in [2.45, 2.75) is 26.7 Å². The molecule has 2 aromatic rings. The standard InChI is InChI=1S/C27H32Cl2N4O/c1-3-32(4-2)24-10-5-20(6-11-24)17-21-7-8-22(27(21)33-13-15-34-16-14-33)19-30-31-23-9-12-25(28)26(29)18-23/h5-6,9-12,17-19,31H,3-4,7-8,13-16H2,1-2H3/b21-17+,30-19-. The molecule has 5 nitrogen and oxygen atoms in total. The van der Waals surface area contributed by atoms with E-state index in [1.807, 2.05) is 12.3 Å². The molecule has 1 fully saturated rings. The van der Waals surface area contributed by atoms with E-state index >= 15 is 0 Å². The molecule has 1 N–H and O–H groups in total. The number of morpholine rings is 1. The van der Waals surface area contributed by atoms with Crippen molar-refractivity contribution in [3.8, 4) is 0 Å². The molecule has 0 atom stereocenters. The van der Waals surface area contributed by atoms with Crippen molar-refractivity contribution in [3.05, 3.63) is 74.9 Å². The van der Waals surface area contributed by atoms with Gasteiger partial charge in [0.25, 0.3) is 0 Å². The average Bonchev–Trinajstić information content (AvgIpc) is 3.26. The maximum absolute atomic E-state index is 6.12. The Hall–Kier alpha value is -2.47. The van der Waals surface area contributed by atoms with Gasteiger partial charge in [0, 0.05) is 37.6 Å². The van der Waals surface area contributed by atoms with Crippen molar-refractivity contribution in [2.24, 2.45) is 5.10 Å². The lowest BCUT2D eigenvalue weighted by molar-refractivity contribution is 0.0548. The number of nitrogens with zero attached hydrogens (tertiary/aromatic N) is 3. The van der Waals surface area contributed by atoms with Gasteiger partial charge in [0.2, 0.25) is 0 Å². The third kappa shape index (κ3) is 5.96. The summed E-state index contributed by atoms with van der Waals surface area (Å²) < 4.78 is 5.61. The van der Waals surface area contributed by atoms with Gasteiger partial charge in [0.05, 0.1) is 35.2 Å². The zero-order chi connectivity index (χ0) is 23.9. The van der Waals surface area contributed by atoms with Gasteiger partial charge in [-0.25, -0.2) is 0 Å². The normalized spacial score (nSPS) is 17.8. The maximum atomic E-state index is 6.12. The highest BCUT2D eigenvalue weighted by atomic mass is 35.5. The summed E-state index contributed by atoms with van der Waals surface area (Å²) in [6, 6.07) is 14.3. The number of nitrogens with one attached hydrogen (secondary N) is 1. The number of hydrogen-bond acceptors (Lipinski definition) is 5. The third-order valence-corrected chi connectivity index (χ3v) is 7.03. The van der Waals surface area contributed by atoms with Gasteiger partial charge >= 0.3 is 0 Å². The molecule has 1 saturated heterocycles. The second-order valence-electron chi connectivity index (χ2n) is 8.41. The van der Waals surface area contributed by atoms with Gasteiger partial charge < -0.3 is 14.5 Å². The summed E-state index contributed by atoms with van der Waals surface area (Å²) in [5, 5.41) is 5.54. The summed E-state index contributed by atoms with van der Waals surface area (Å²) >= 11 is 12.1. The van der Waals surface area contributed by atoms with Crippen LogP contribution in [0.4, 0.5) is 11.4 Å². The monoisotopic (exact) mass is 498 g/mol. The molecular weight excluding hydrogens is 467 g/mol. The molecule has 4 rings (SSSR count). The largest absolute Gasteiger partial charge is 0.378 e. The summed E-state index contributed by atoms with van der Waals surface area (Å²) in [6.45, 7) is 9.70. The Morgan fingerprint density at radius 3 is 2.41 bits per heavy atom. The van der Waals surface area contributed by atoms with E-state index < -0.39 is 0 Å². The summed E-state index contributed by atoms with van der Waals surface area (Å²) in [5.74, 6) is 0. The number of anilines is 2. The van der Waals surface area contributed by atoms with Crippen LogP contribution in [-0.2, 0) is 4.74 Å². The van der Waals surface area contributed by atoms with Gasteiger partial charge in [-0.3, -0.25) is 5.43 Å². The number of hydrogen-bond donors (Lipinski definition) is 1. The van der Waals surface area contributed by atoms with Crippen molar-refractivity contribution in [3.63, 3.8) is 0 Å². The van der Waals surface area contributed by atoms with Crippen LogP contribution in [0.5, 0.6) is 0 Å². The van der Waals surface area contributed by atoms with E-state index in [1.165, 1.54) is 28.1 Å². The highest BCUT2D eigenvalue weighted by Crippen LogP contribution is 2.35. The maximum Gasteiger partial charge on any atom is 0.0642 e. The predicted molar refractivity (Wildman–Crippen MR) is 145 cm³/mol. The van der Waals surface area contributed by atoms with E-state index in [4.69, 9.17) is 27.9 Å². The van der Waals surface area contributed by atoms with Crippen LogP contribution in [0.25, 0.3) is 6.08 Å². The summed E-state index contributed by atoms with van der Waals surface area (Å²) in [6.07, 6.45) is 6.23. The Bertz CT molecular complexity index is 1070. The molecule has 1 aliphatic carbocycles. The molecule has 0 spiro atoms. The van der Waals surface area contributed by atoms with Gasteiger partial charge in [0.1, 0.15) is 0 Å². The van der Waals surface area contributed by atoms with Crippen molar-refractivity contribution in [1.29, 1.82) is 0 Å². The molecule has 0 radical (unpaired) electrons. The van der Waals surface area contributed by atoms with E-state index in [0.29, 0.717) is 10.0 Å². The lowest BCUT2D eigenvalue weighted by Crippen LogP contribution is -2.36. The molecule has 34 heavy (non-hydrogen) atoms. The number of benzene rings is 2. The SMILES string of the molecule is CCN(CC)c1ccc(/C=C2\CCC(/C=N\Nc3ccc(Cl)c(Cl)c3)=C2N2CCOCC2)cc1. The van der Waals surface area contributed by atoms with Gasteiger partial charge in [-0.1, -0.05) is 35.3 Å². The van der Waals surface area contributed by atoms with E-state index in [2.05, 4.69) is 64.5 Å². The first kappa shape index (κ1) is 24.6. The Morgan fingerprint density at radius 2 is 1.74 bits per heavy atom. The van der Waals surface area contributed by atoms with Crippen molar-refractivity contribution < 1.29 is 4.74 Å². The molecule has 1 aliphatic heterocycles. The molecule has 0 unspecified atom stereocenters. The molecule has 1 heterocycles. The average molecular weight is 499 g/mol. The number of halogens is 2. The number of ether oxygens (including phenoxy) is 1. The molecule has 7 heteroatoms. The molecular formula is C27H32Cl2N4O. The lowest BCUT2D eigenvalue weighted by atomic mass is 10.1. The van der Waals surface area contributed by atoms with Gasteiger partial charge in [-0.2, -0.15) is 5.10 Å². The topological polar surface area (TPSA) is 40.1 Å². The predicted octanol–water partition coefficient (Wildman–Crippen LogP) is 6.70. The van der Waals surface area contributed by atoms with E-state index in [0.717, 1.165) is 57.9 Å². The van der Waals surface area contributed by atoms with E-state index in [1.54, 1.807) is 12.1 Å². The van der Waals surface area contributed by atoms with Crippen LogP contribution in [0.2, 0.25) is 10.0 Å². The number of hydrazone groups is 1. The Morgan fingerprint density at radius 1 is 1.00 bits per heavy atom. The Balaban J connectivity index is 1.57. The minimum absolute atomic E-state index is 0.508. The smallest absolute Gasteiger partial charge is 0.0642 e. The van der Waals surface area contributed by atoms with Crippen molar-refractivity contribution in [2.75, 3.05) is 49.7 Å². The number of rotatable bonds is 8. The second-order valence-corrected chi connectivity index (χ2v) is 9.22. The number of allylic oxidation sites excluding steroid dienone is 2. The quantitative estimate of drug-likeness (QED) is 0.324. The highest BCUT2D eigenvalue weighted by Gasteiger charge is 2.25. The Labute approximate surface area is 212 Å². The van der Waals surface area contributed by atoms with Gasteiger partial charge in [-0.05, 0) is 79.8 Å². The molecule has 0 aromatic heterocycles. The summed E-state index contributed by atoms with van der Waals surface area (Å²) in [7, 11) is 0. The van der Waals surface area contributed by atoms with Crippen molar-refractivity contribution >= 4 is 46.9 Å². The van der Waals surface area contributed by atoms with Crippen LogP contribution in [-0.4, -0.2) is 50.5 Å². The molecule has 0 saturated carbocycles.